The van der Waals surface area contributed by atoms with Crippen LogP contribution in [0.15, 0.2) is 71.6 Å². The molecule has 2 heteroatoms. The minimum absolute atomic E-state index is 0.464. The molecule has 0 N–H and O–H groups in total. The van der Waals surface area contributed by atoms with E-state index in [9.17, 15) is 4.79 Å². The maximum absolute atomic E-state index is 11.6. The van der Waals surface area contributed by atoms with Crippen LogP contribution in [0.5, 0.6) is 0 Å². The molecule has 4 aromatic rings. The fourth-order valence-electron chi connectivity index (χ4n) is 3.66. The average Bonchev–Trinajstić information content (AvgIpc) is 2.66. The zero-order valence-electron chi connectivity index (χ0n) is 12.9. The van der Waals surface area contributed by atoms with Crippen LogP contribution in [0.1, 0.15) is 5.56 Å². The Kier molecular flexibility index (Phi) is 2.94. The van der Waals surface area contributed by atoms with E-state index in [0.29, 0.717) is 0 Å². The topological polar surface area (TPSA) is 17.1 Å². The molecule has 1 aliphatic rings. The minimum atomic E-state index is -0.464. The molecule has 1 heterocycles. The molecular formula is C22H14OS. The van der Waals surface area contributed by atoms with Crippen molar-refractivity contribution in [1.29, 1.82) is 0 Å². The summed E-state index contributed by atoms with van der Waals surface area (Å²) in [7, 11) is -0.464. The van der Waals surface area contributed by atoms with Gasteiger partial charge in [0.25, 0.3) is 0 Å². The molecule has 4 aromatic carbocycles. The Labute approximate surface area is 142 Å². The van der Waals surface area contributed by atoms with Gasteiger partial charge in [-0.25, -0.2) is 0 Å². The number of benzene rings is 4. The van der Waals surface area contributed by atoms with Crippen molar-refractivity contribution in [3.8, 4) is 0 Å². The number of fused-ring (bicyclic) bond motifs is 7. The van der Waals surface area contributed by atoms with Crippen LogP contribution in [0, 0.1) is 0 Å². The van der Waals surface area contributed by atoms with Crippen LogP contribution in [-0.2, 0) is 4.79 Å². The number of carbonyl (C=O) groups excluding carboxylic acids is 1. The first-order valence-electron chi connectivity index (χ1n) is 7.93. The maximum Gasteiger partial charge on any atom is 0.175 e. The Hall–Kier alpha value is -2.71. The van der Waals surface area contributed by atoms with E-state index >= 15 is 0 Å². The molecule has 0 amide bonds. The van der Waals surface area contributed by atoms with Crippen molar-refractivity contribution in [1.82, 2.24) is 0 Å². The molecule has 0 fully saturated rings. The quantitative estimate of drug-likeness (QED) is 0.246. The normalized spacial score (nSPS) is 16.2. The molecule has 0 radical (unpaired) electrons. The zero-order chi connectivity index (χ0) is 16.1. The molecule has 1 unspecified atom stereocenters. The molecule has 0 aliphatic carbocycles. The van der Waals surface area contributed by atoms with Crippen molar-refractivity contribution in [2.75, 3.05) is 0 Å². The van der Waals surface area contributed by atoms with Crippen molar-refractivity contribution in [2.45, 2.75) is 4.90 Å². The second-order valence-corrected chi connectivity index (χ2v) is 7.61. The van der Waals surface area contributed by atoms with Crippen LogP contribution in [-0.4, -0.2) is 11.0 Å². The Bertz CT molecular complexity index is 1220. The van der Waals surface area contributed by atoms with Gasteiger partial charge in [0.1, 0.15) is 0 Å². The first-order valence-corrected chi connectivity index (χ1v) is 9.28. The van der Waals surface area contributed by atoms with E-state index in [1.165, 1.54) is 32.3 Å². The predicted octanol–water partition coefficient (Wildman–Crippen LogP) is 5.79. The van der Waals surface area contributed by atoms with Gasteiger partial charge in [0, 0.05) is 4.90 Å². The number of hydrogen-bond donors (Lipinski definition) is 0. The minimum Gasteiger partial charge on any atom is -0.291 e. The number of hydrogen-bond acceptors (Lipinski definition) is 1. The van der Waals surface area contributed by atoms with Crippen LogP contribution >= 0.6 is 10.5 Å². The molecule has 1 atom stereocenters. The van der Waals surface area contributed by atoms with Gasteiger partial charge in [0.05, 0.1) is 0 Å². The van der Waals surface area contributed by atoms with E-state index in [-0.39, 0.29) is 0 Å². The molecule has 114 valence electrons. The highest BCUT2D eigenvalue weighted by Gasteiger charge is 2.14. The molecule has 1 nitrogen and oxygen atoms in total. The molecule has 0 bridgehead atoms. The van der Waals surface area contributed by atoms with Crippen molar-refractivity contribution in [3.63, 3.8) is 0 Å². The third-order valence-corrected chi connectivity index (χ3v) is 6.33. The van der Waals surface area contributed by atoms with Gasteiger partial charge in [-0.05, 0) is 43.2 Å². The number of carbonyl (C=O) groups is 1. The Morgan fingerprint density at radius 2 is 1.42 bits per heavy atom. The molecule has 1 aliphatic heterocycles. The van der Waals surface area contributed by atoms with Gasteiger partial charge in [0.2, 0.25) is 0 Å². The summed E-state index contributed by atoms with van der Waals surface area (Å²) in [5.74, 6) is 0. The van der Waals surface area contributed by atoms with Gasteiger partial charge in [0.15, 0.2) is 5.62 Å². The van der Waals surface area contributed by atoms with Gasteiger partial charge < -0.3 is 0 Å². The largest absolute Gasteiger partial charge is 0.291 e. The Morgan fingerprint density at radius 3 is 2.33 bits per heavy atom. The van der Waals surface area contributed by atoms with Crippen LogP contribution in [0.25, 0.3) is 38.4 Å². The number of allylic oxidation sites excluding steroid dienone is 1. The highest BCUT2D eigenvalue weighted by atomic mass is 32.2. The third-order valence-electron chi connectivity index (χ3n) is 4.74. The summed E-state index contributed by atoms with van der Waals surface area (Å²) in [4.78, 5) is 12.7. The lowest BCUT2D eigenvalue weighted by Crippen LogP contribution is -1.92. The van der Waals surface area contributed by atoms with Crippen molar-refractivity contribution >= 4 is 59.9 Å². The lowest BCUT2D eigenvalue weighted by molar-refractivity contribution is 0.570. The first kappa shape index (κ1) is 13.7. The van der Waals surface area contributed by atoms with Crippen molar-refractivity contribution in [3.05, 3.63) is 72.3 Å². The monoisotopic (exact) mass is 326 g/mol. The fraction of sp³-hybridized carbons (Fsp3) is 0. The second kappa shape index (κ2) is 5.15. The van der Waals surface area contributed by atoms with E-state index in [4.69, 9.17) is 0 Å². The zero-order valence-corrected chi connectivity index (χ0v) is 13.7. The van der Waals surface area contributed by atoms with Crippen LogP contribution in [0.4, 0.5) is 0 Å². The average molecular weight is 326 g/mol. The van der Waals surface area contributed by atoms with E-state index in [1.54, 1.807) is 0 Å². The molecular weight excluding hydrogens is 312 g/mol. The van der Waals surface area contributed by atoms with Crippen LogP contribution < -0.4 is 0 Å². The summed E-state index contributed by atoms with van der Waals surface area (Å²) in [6, 6.07) is 21.6. The van der Waals surface area contributed by atoms with Crippen molar-refractivity contribution < 1.29 is 4.79 Å². The Balaban J connectivity index is 1.97. The summed E-state index contributed by atoms with van der Waals surface area (Å²) in [6.07, 6.45) is 4.08. The smallest absolute Gasteiger partial charge is 0.175 e. The van der Waals surface area contributed by atoms with E-state index in [2.05, 4.69) is 66.7 Å². The lowest BCUT2D eigenvalue weighted by atomic mass is 9.96. The summed E-state index contributed by atoms with van der Waals surface area (Å²) in [5, 5.41) is 9.45. The van der Waals surface area contributed by atoms with Gasteiger partial charge in [-0.1, -0.05) is 83.3 Å². The van der Waals surface area contributed by atoms with Gasteiger partial charge in [-0.15, -0.1) is 0 Å². The summed E-state index contributed by atoms with van der Waals surface area (Å²) >= 11 is 0. The molecule has 24 heavy (non-hydrogen) atoms. The van der Waals surface area contributed by atoms with Crippen LogP contribution in [0.2, 0.25) is 0 Å². The second-order valence-electron chi connectivity index (χ2n) is 5.99. The SMILES string of the molecule is O=CS1=CC=Cc2ccc3c(ccc4c5ccccc5ccc34)c21. The molecule has 0 spiro atoms. The molecule has 5 rings (SSSR count). The molecule has 0 aromatic heterocycles. The van der Waals surface area contributed by atoms with E-state index < -0.39 is 10.5 Å². The first-order chi connectivity index (χ1) is 11.9. The standard InChI is InChI=1S/C22H14OS/c23-14-24-13-3-5-16-8-10-20-19-9-7-15-4-1-2-6-17(15)18(19)11-12-21(20)22(16)24/h1-14H. The number of rotatable bonds is 1. The molecule has 0 saturated heterocycles. The third kappa shape index (κ3) is 1.84. The summed E-state index contributed by atoms with van der Waals surface area (Å²) < 4.78 is 0. The Morgan fingerprint density at radius 1 is 0.708 bits per heavy atom. The van der Waals surface area contributed by atoms with Crippen molar-refractivity contribution in [2.24, 2.45) is 0 Å². The predicted molar refractivity (Wildman–Crippen MR) is 107 cm³/mol. The fourth-order valence-corrected chi connectivity index (χ4v) is 5.05. The highest BCUT2D eigenvalue weighted by Crippen LogP contribution is 2.40. The van der Waals surface area contributed by atoms with Crippen LogP contribution in [0.3, 0.4) is 0 Å². The highest BCUT2D eigenvalue weighted by molar-refractivity contribution is 8.26. The lowest BCUT2D eigenvalue weighted by Gasteiger charge is -2.16. The van der Waals surface area contributed by atoms with Gasteiger partial charge in [-0.2, -0.15) is 0 Å². The van der Waals surface area contributed by atoms with Gasteiger partial charge in [-0.3, -0.25) is 4.79 Å². The maximum atomic E-state index is 11.6. The summed E-state index contributed by atoms with van der Waals surface area (Å²) in [6.45, 7) is 0. The van der Waals surface area contributed by atoms with E-state index in [0.717, 1.165) is 16.1 Å². The van der Waals surface area contributed by atoms with Gasteiger partial charge >= 0.3 is 0 Å². The molecule has 0 saturated carbocycles. The summed E-state index contributed by atoms with van der Waals surface area (Å²) in [5.41, 5.74) is 2.22. The van der Waals surface area contributed by atoms with E-state index in [1.807, 2.05) is 11.4 Å².